The van der Waals surface area contributed by atoms with Crippen LogP contribution < -0.4 is 33.2 Å². The molecule has 12 aromatic rings. The maximum atomic E-state index is 16.3. The van der Waals surface area contributed by atoms with Gasteiger partial charge in [0.05, 0.1) is 75.7 Å². The number of aliphatic hydroxyl groups excluding tert-OH is 1. The van der Waals surface area contributed by atoms with Crippen molar-refractivity contribution in [1.82, 2.24) is 87.2 Å². The molecule has 53 nitrogen and oxygen atoms in total. The molecule has 3 amide bonds. The fourth-order valence-electron chi connectivity index (χ4n) is 19.4. The van der Waals surface area contributed by atoms with Crippen LogP contribution in [-0.2, 0) is 156 Å². The number of nitrogens with zero attached hydrogens (tertiary/aromatic N) is 18. The lowest BCUT2D eigenvalue weighted by molar-refractivity contribution is -0.116. The molecule has 24 rings (SSSR count). The van der Waals surface area contributed by atoms with Crippen molar-refractivity contribution in [2.24, 2.45) is 0 Å². The van der Waals surface area contributed by atoms with E-state index in [4.69, 9.17) is 147 Å². The number of alkyl halides is 4. The van der Waals surface area contributed by atoms with E-state index in [1.807, 2.05) is 0 Å². The van der Waals surface area contributed by atoms with Gasteiger partial charge in [-0.3, -0.25) is 59.9 Å². The van der Waals surface area contributed by atoms with E-state index in [0.717, 1.165) is 22.8 Å². The van der Waals surface area contributed by atoms with Gasteiger partial charge >= 0.3 is 13.5 Å². The molecule has 12 aromatic heterocycles. The lowest BCUT2D eigenvalue weighted by Crippen LogP contribution is -2.39. The molecule has 12 unspecified atom stereocenters. The van der Waals surface area contributed by atoms with Gasteiger partial charge in [0.1, 0.15) is 138 Å². The van der Waals surface area contributed by atoms with Gasteiger partial charge in [0.15, 0.2) is 96.4 Å². The molecule has 24 heterocycles. The summed E-state index contributed by atoms with van der Waals surface area (Å²) in [5, 5.41) is 22.0. The zero-order valence-electron chi connectivity index (χ0n) is 74.6. The number of amides is 3. The molecule has 12 aliphatic rings. The van der Waals surface area contributed by atoms with Gasteiger partial charge in [-0.05, 0) is 66.0 Å². The third-order valence-electron chi connectivity index (χ3n) is 25.9. The zero-order valence-corrected chi connectivity index (χ0v) is 81.6. The molecule has 8 radical (unpaired) electrons. The molecule has 12 aliphatic heterocycles. The van der Waals surface area contributed by atoms with Crippen LogP contribution in [0.3, 0.4) is 0 Å². The Balaban J connectivity index is 0.000000124. The van der Waals surface area contributed by atoms with Crippen LogP contribution in [0.2, 0.25) is 0 Å². The summed E-state index contributed by atoms with van der Waals surface area (Å²) in [4.78, 5) is 97.2. The first-order valence-corrected chi connectivity index (χ1v) is 56.0. The second-order valence-corrected chi connectivity index (χ2v) is 46.8. The maximum absolute atomic E-state index is 16.3. The topological polar surface area (TPSA) is 651 Å². The fourth-order valence-corrected chi connectivity index (χ4v) is 26.3. The average molecular weight is 2160 g/mol. The normalized spacial score (nSPS) is 37.2. The largest absolute Gasteiger partial charge is 0.386 e. The highest BCUT2D eigenvalue weighted by molar-refractivity contribution is 8.44. The van der Waals surface area contributed by atoms with Crippen LogP contribution in [0.15, 0.2) is 93.3 Å². The molecule has 9 saturated heterocycles. The number of pyridine rings is 3. The van der Waals surface area contributed by atoms with Crippen LogP contribution in [-0.4, -0.2) is 302 Å². The first-order valence-electron chi connectivity index (χ1n) is 44.2. The van der Waals surface area contributed by atoms with Gasteiger partial charge in [-0.15, -0.1) is 0 Å². The number of fused-ring (bicyclic) bond motifs is 9. The Kier molecular flexibility index (Phi) is 26.8. The standard InChI is InChI=1S/C26H28BFN8O10P2S.C25H24B2F2N8O9P2.C25H26BFN8O10P2S/c1-40-21-20-14(44-26(21)35-6-11-2-3-15(37)34-12-4-5-30-23(35)16(11)12)8-42-48(39,49)46-19-13(7-41-47(27,38)45-20)43-25(17(19)28)36-10-33-18-22(29)31-9-32-24(18)36;26-47(39)42-7-13-20(17(29)25(44-13)37-9-34-18-21(30)32-8-33-23(18)37)46-48(27,40)41-6-12-19(45-47)16(28)24(43-12)36-5-10-1-2-14(38)35-11-3-4-31-22(36)15(10)11;26-46(38)40-6-12-19(16(27)24(42-12)35-9-32-17-21(28)30-8-31-23(17)35)45-47(39,48)41-7-13-20(44-46)18(37)25(43-13)34-5-10-1-2-14(36)33-11-3-4-29-22(34)15(10)11/h4-6,9-10,13-14,17,19-21,25-26H,2-3,7-8H2,1H3,(H,34,37)(H,39,49)(H2,29,31,32);3-5,8-9,12-13,16-17,19-20,24-25H,1-2,6-7H2,(H,35,38)(H2,30,32,33);3-5,8-9,12-13,16,18-20,24-25,37H,1-2,6-7H2,(H,33,36)(H,39,48)(H2,28,30,31)/t13-,14-,17?,19+,20?,21+,25-,26-,47?,48?;12-,13-,16+,17?,19?,20+,24-,25-,47?,48?;12-,13-,16?,18+,19+,20?,24-,25-,46?,47?/m111/s1. The Morgan fingerprint density at radius 2 is 0.703 bits per heavy atom. The molecule has 758 valence electrons. The highest BCUT2D eigenvalue weighted by atomic mass is 32.7. The Labute approximate surface area is 827 Å². The summed E-state index contributed by atoms with van der Waals surface area (Å²) < 4.78 is 249. The van der Waals surface area contributed by atoms with Crippen molar-refractivity contribution in [3.8, 4) is 0 Å². The van der Waals surface area contributed by atoms with Gasteiger partial charge in [0.25, 0.3) is 29.9 Å². The van der Waals surface area contributed by atoms with E-state index in [9.17, 15) is 47.2 Å². The van der Waals surface area contributed by atoms with Crippen molar-refractivity contribution in [1.29, 1.82) is 0 Å². The number of hydrogen-bond acceptors (Lipinski definition) is 44. The van der Waals surface area contributed by atoms with Gasteiger partial charge in [0.2, 0.25) is 48.0 Å². The SMILES string of the molecule is [B]P1(=O)OC[C@H]2O[C@@H](n3cnc4c(N)ncnc43)C(F)[C@H]2OP(=O)(S)OC[C@H]2O[C@@H](n3cc4c5c(ccnc53)NC(=O)CC4)[C@@H](OC)C2O1.[B]P1(=O)OC[C@H]2O[C@@H](n3cnc4c(N)ncnc43)C(F)[C@H]2OP(O)(=S)OC[C@H]2O[C@@H](n3cc4c5c(ccnc53)NC(=O)CC4)[C@@H](O)C2O1.[B]P1(=O)OC[C@H]2O[C@@H](n3cnc4c(N)ncnc43)C(F)[C@H]2OP([B])(=O)OC[C@H]2O[C@@H](n3cc4c5c(ccnc53)NC(=O)CC4)[C@@H](F)C2O1. The van der Waals surface area contributed by atoms with E-state index in [-0.39, 0.29) is 87.9 Å². The number of thiol groups is 1. The summed E-state index contributed by atoms with van der Waals surface area (Å²) in [6, 6.07) is 4.98. The van der Waals surface area contributed by atoms with Gasteiger partial charge < -0.3 is 131 Å². The minimum atomic E-state index is -4.61. The summed E-state index contributed by atoms with van der Waals surface area (Å²) in [6.45, 7) is -12.3. The van der Waals surface area contributed by atoms with Crippen LogP contribution in [0.4, 0.5) is 52.1 Å². The number of aromatic nitrogens is 18. The molecule has 11 N–H and O–H groups in total. The Morgan fingerprint density at radius 3 is 1.09 bits per heavy atom. The number of ether oxygens (including phenoxy) is 7. The number of rotatable bonds is 7. The smallest absolute Gasteiger partial charge is 0.386 e. The van der Waals surface area contributed by atoms with Crippen LogP contribution in [0.5, 0.6) is 0 Å². The van der Waals surface area contributed by atoms with Gasteiger partial charge in [-0.1, -0.05) is 12.2 Å². The van der Waals surface area contributed by atoms with Crippen molar-refractivity contribution >= 4 is 217 Å². The zero-order chi connectivity index (χ0) is 101. The second-order valence-electron chi connectivity index (χ2n) is 34.9. The van der Waals surface area contributed by atoms with E-state index in [2.05, 4.69) is 88.0 Å². The average Bonchev–Trinajstić information content (AvgIpc) is 1.59. The number of methoxy groups -OCH3 is 1. The molecule has 0 spiro atoms. The van der Waals surface area contributed by atoms with E-state index >= 15 is 17.6 Å². The predicted molar refractivity (Wildman–Crippen MR) is 501 cm³/mol. The second kappa shape index (κ2) is 38.7. The number of halogens is 4. The number of nitrogens with two attached hydrogens (primary N) is 3. The lowest BCUT2D eigenvalue weighted by atomic mass is 10.1. The Hall–Kier alpha value is -9.18. The van der Waals surface area contributed by atoms with E-state index in [0.29, 0.717) is 69.6 Å². The van der Waals surface area contributed by atoms with E-state index in [1.54, 1.807) is 52.1 Å². The predicted octanol–water partition coefficient (Wildman–Crippen LogP) is 5.95. The third-order valence-corrected chi connectivity index (χ3v) is 33.2. The lowest BCUT2D eigenvalue weighted by Gasteiger charge is -2.30. The van der Waals surface area contributed by atoms with Crippen molar-refractivity contribution in [3.05, 3.63) is 110 Å². The van der Waals surface area contributed by atoms with Gasteiger partial charge in [0, 0.05) is 79.7 Å². The minimum absolute atomic E-state index is 0.0366. The molecular weight excluding hydrogens is 2080 g/mol. The van der Waals surface area contributed by atoms with Crippen LogP contribution in [0, 0.1) is 0 Å². The summed E-state index contributed by atoms with van der Waals surface area (Å²) in [7, 11) is 7.03. The number of aliphatic hydroxyl groups is 1. The summed E-state index contributed by atoms with van der Waals surface area (Å²) in [6.07, 6.45) is -16.9. The number of nitrogen functional groups attached to an aromatic ring is 3. The molecule has 9 fully saturated rings. The molecule has 0 bridgehead atoms. The quantitative estimate of drug-likeness (QED) is 0.0385. The first kappa shape index (κ1) is 100. The monoisotopic (exact) mass is 2160 g/mol. The van der Waals surface area contributed by atoms with Crippen molar-refractivity contribution in [3.63, 3.8) is 0 Å². The number of imidazole rings is 3. The molecule has 0 aromatic carbocycles. The number of carbonyl (C=O) groups excluding carboxylic acids is 3. The van der Waals surface area contributed by atoms with E-state index in [1.165, 1.54) is 69.4 Å². The Bertz CT molecular complexity index is 7210. The number of nitrogens with one attached hydrogen (secondary N) is 3. The highest BCUT2D eigenvalue weighted by Gasteiger charge is 2.60. The van der Waals surface area contributed by atoms with Crippen molar-refractivity contribution in [2.45, 2.75) is 186 Å². The minimum Gasteiger partial charge on any atom is -0.386 e. The van der Waals surface area contributed by atoms with E-state index < -0.39 is 231 Å². The molecule has 30 atom stereocenters. The molecular formula is C76H78B4F4N24O29P6S2. The first-order chi connectivity index (χ1) is 69.2. The highest BCUT2D eigenvalue weighted by Crippen LogP contribution is 2.62. The van der Waals surface area contributed by atoms with Gasteiger partial charge in [-0.25, -0.2) is 81.9 Å². The number of carbonyl (C=O) groups is 3. The van der Waals surface area contributed by atoms with Gasteiger partial charge in [-0.2, -0.15) is 0 Å². The summed E-state index contributed by atoms with van der Waals surface area (Å²) in [5.74, 6) is -0.290. The molecule has 69 heteroatoms. The van der Waals surface area contributed by atoms with Crippen LogP contribution in [0.25, 0.3) is 66.6 Å². The summed E-state index contributed by atoms with van der Waals surface area (Å²) in [5.41, 5.74) is 23.7. The number of hydrogen-bond donors (Lipinski definition) is 9. The van der Waals surface area contributed by atoms with Crippen LogP contribution in [0.1, 0.15) is 73.3 Å². The molecule has 0 saturated carbocycles. The number of aryl methyl sites for hydroxylation is 3. The Morgan fingerprint density at radius 1 is 0.400 bits per heavy atom. The molecule has 0 aliphatic carbocycles. The van der Waals surface area contributed by atoms with Crippen LogP contribution >= 0.6 is 55.7 Å². The maximum Gasteiger partial charge on any atom is 0.386 e. The third kappa shape index (κ3) is 19.1. The van der Waals surface area contributed by atoms with Crippen molar-refractivity contribution < 1.29 is 152 Å². The van der Waals surface area contributed by atoms with Crippen molar-refractivity contribution in [2.75, 3.05) is 79.9 Å². The number of anilines is 6. The summed E-state index contributed by atoms with van der Waals surface area (Å²) >= 11 is 9.35. The fraction of sp³-hybridized carbons (Fsp3) is 0.487. The molecule has 145 heavy (non-hydrogen) atoms.